The zero-order chi connectivity index (χ0) is 64.7. The predicted octanol–water partition coefficient (Wildman–Crippen LogP) is 8.04. The van der Waals surface area contributed by atoms with Crippen molar-refractivity contribution in [3.8, 4) is 0 Å². The number of carbonyl (C=O) groups is 1. The first-order valence-corrected chi connectivity index (χ1v) is 33.3. The Balaban J connectivity index is 1.50. The molecule has 3 saturated heterocycles. The van der Waals surface area contributed by atoms with Gasteiger partial charge in [0.05, 0.1) is 38.6 Å². The Morgan fingerprint density at radius 1 is 0.416 bits per heavy atom. The maximum atomic E-state index is 13.4. The van der Waals surface area contributed by atoms with E-state index < -0.39 is 131 Å². The van der Waals surface area contributed by atoms with Gasteiger partial charge in [-0.15, -0.1) is 0 Å². The van der Waals surface area contributed by atoms with Crippen molar-refractivity contribution < 1.29 is 89.4 Å². The monoisotopic (exact) mass is 1260 g/mol. The van der Waals surface area contributed by atoms with E-state index in [-0.39, 0.29) is 12.3 Å². The second kappa shape index (κ2) is 50.7. The third-order valence-electron chi connectivity index (χ3n) is 15.7. The molecule has 0 radical (unpaired) electrons. The van der Waals surface area contributed by atoms with Crippen LogP contribution in [0.3, 0.4) is 0 Å². The molecule has 89 heavy (non-hydrogen) atoms. The van der Waals surface area contributed by atoms with Gasteiger partial charge in [0.1, 0.15) is 73.2 Å². The van der Waals surface area contributed by atoms with Gasteiger partial charge >= 0.3 is 0 Å². The van der Waals surface area contributed by atoms with Crippen LogP contribution in [-0.2, 0) is 33.2 Å². The first-order valence-electron chi connectivity index (χ1n) is 33.3. The summed E-state index contributed by atoms with van der Waals surface area (Å²) in [5.74, 6) is -0.327. The van der Waals surface area contributed by atoms with Gasteiger partial charge in [0.15, 0.2) is 18.9 Å². The fourth-order valence-electron chi connectivity index (χ4n) is 10.3. The molecule has 0 bridgehead atoms. The zero-order valence-electron chi connectivity index (χ0n) is 53.4. The molecular weight excluding hydrogens is 1140 g/mol. The number of hydrogen-bond acceptors (Lipinski definition) is 18. The van der Waals surface area contributed by atoms with Crippen molar-refractivity contribution >= 4 is 5.91 Å². The van der Waals surface area contributed by atoms with Crippen LogP contribution in [0.1, 0.15) is 181 Å². The average Bonchev–Trinajstić information content (AvgIpc) is 2.44. The number of ether oxygens (including phenoxy) is 6. The summed E-state index contributed by atoms with van der Waals surface area (Å²) in [6, 6.07) is -1.02. The first-order chi connectivity index (χ1) is 43.3. The Morgan fingerprint density at radius 2 is 0.787 bits per heavy atom. The van der Waals surface area contributed by atoms with Crippen LogP contribution >= 0.6 is 0 Å². The molecule has 3 fully saturated rings. The topological polar surface area (TPSA) is 307 Å². The number of allylic oxidation sites excluding steroid dienone is 19. The van der Waals surface area contributed by atoms with Crippen LogP contribution in [0.25, 0.3) is 0 Å². The largest absolute Gasteiger partial charge is 0.394 e. The van der Waals surface area contributed by atoms with Crippen molar-refractivity contribution in [2.75, 3.05) is 26.4 Å². The summed E-state index contributed by atoms with van der Waals surface area (Å²) in [5, 5.41) is 120. The van der Waals surface area contributed by atoms with Crippen molar-refractivity contribution in [3.63, 3.8) is 0 Å². The lowest BCUT2D eigenvalue weighted by Gasteiger charge is -2.48. The van der Waals surface area contributed by atoms with Crippen molar-refractivity contribution in [1.29, 1.82) is 0 Å². The highest BCUT2D eigenvalue weighted by atomic mass is 16.8. The van der Waals surface area contributed by atoms with Crippen LogP contribution in [0.5, 0.6) is 0 Å². The summed E-state index contributed by atoms with van der Waals surface area (Å²) in [7, 11) is 0. The van der Waals surface area contributed by atoms with Crippen molar-refractivity contribution in [3.05, 3.63) is 122 Å². The predicted molar refractivity (Wildman–Crippen MR) is 346 cm³/mol. The molecule has 3 aliphatic rings. The second-order valence-electron chi connectivity index (χ2n) is 23.2. The minimum atomic E-state index is -1.99. The lowest BCUT2D eigenvalue weighted by atomic mass is 9.96. The molecule has 3 heterocycles. The quantitative estimate of drug-likeness (QED) is 0.0203. The third-order valence-corrected chi connectivity index (χ3v) is 15.7. The number of aliphatic hydroxyl groups is 11. The highest BCUT2D eigenvalue weighted by molar-refractivity contribution is 5.76. The summed E-state index contributed by atoms with van der Waals surface area (Å²) in [4.78, 5) is 13.4. The van der Waals surface area contributed by atoms with E-state index in [9.17, 15) is 61.0 Å². The van der Waals surface area contributed by atoms with Crippen molar-refractivity contribution in [1.82, 2.24) is 5.32 Å². The van der Waals surface area contributed by atoms with E-state index in [2.05, 4.69) is 129 Å². The number of aliphatic hydroxyl groups excluding tert-OH is 11. The van der Waals surface area contributed by atoms with Gasteiger partial charge in [0, 0.05) is 6.42 Å². The van der Waals surface area contributed by atoms with Gasteiger partial charge in [0.25, 0.3) is 0 Å². The van der Waals surface area contributed by atoms with Gasteiger partial charge in [-0.3, -0.25) is 4.79 Å². The van der Waals surface area contributed by atoms with Crippen LogP contribution in [-0.4, -0.2) is 193 Å². The van der Waals surface area contributed by atoms with Crippen LogP contribution in [0.2, 0.25) is 0 Å². The smallest absolute Gasteiger partial charge is 0.220 e. The van der Waals surface area contributed by atoms with Gasteiger partial charge in [-0.25, -0.2) is 0 Å². The Hall–Kier alpha value is -3.81. The van der Waals surface area contributed by atoms with E-state index in [0.717, 1.165) is 89.9 Å². The number of nitrogens with one attached hydrogen (secondary N) is 1. The molecule has 508 valence electrons. The Bertz CT molecular complexity index is 2090. The molecule has 1 amide bonds. The van der Waals surface area contributed by atoms with Gasteiger partial charge < -0.3 is 89.9 Å². The van der Waals surface area contributed by atoms with E-state index in [0.29, 0.717) is 12.8 Å². The Morgan fingerprint density at radius 3 is 1.26 bits per heavy atom. The van der Waals surface area contributed by atoms with Gasteiger partial charge in [0.2, 0.25) is 5.91 Å². The standard InChI is InChI=1S/C70H115NO18/c1-3-5-7-9-11-13-15-17-19-21-23-24-25-26-27-28-30-32-34-36-38-40-42-44-46-48-58(76)71-53(54(75)47-45-43-41-39-37-35-33-31-29-22-20-18-16-14-12-10-8-6-4-2)52-84-68-64(82)61(79)66(56(50-73)86-68)89-70-65(83)62(80)67(57(51-74)87-70)88-69-63(81)60(78)59(77)55(49-72)85-69/h5,7,11,13,17,19,23-24,26-27,29-32,36-39,45,47,53-57,59-70,72-75,77-83H,3-4,6,8-10,12,14-16,18,20-22,25,28,33-35,40-44,46,48-52H2,1-2H3,(H,71,76)/b7-5-,13-11-,19-17-,24-23-,27-26-,31-29+,32-30-,38-36-,39-37+,47-45+. The van der Waals surface area contributed by atoms with Crippen LogP contribution in [0.4, 0.5) is 0 Å². The number of hydrogen-bond donors (Lipinski definition) is 12. The number of unbranched alkanes of at least 4 members (excludes halogenated alkanes) is 14. The number of carbonyl (C=O) groups excluding carboxylic acids is 1. The maximum absolute atomic E-state index is 13.4. The molecule has 0 saturated carbocycles. The highest BCUT2D eigenvalue weighted by Gasteiger charge is 2.53. The molecule has 12 N–H and O–H groups in total. The molecule has 3 aliphatic heterocycles. The zero-order valence-corrected chi connectivity index (χ0v) is 53.4. The van der Waals surface area contributed by atoms with Gasteiger partial charge in [-0.2, -0.15) is 0 Å². The van der Waals surface area contributed by atoms with Gasteiger partial charge in [-0.05, 0) is 103 Å². The molecule has 3 rings (SSSR count). The molecule has 0 aromatic rings. The van der Waals surface area contributed by atoms with E-state index >= 15 is 0 Å². The molecule has 0 aliphatic carbocycles. The molecule has 0 aromatic carbocycles. The van der Waals surface area contributed by atoms with E-state index in [4.69, 9.17) is 28.4 Å². The maximum Gasteiger partial charge on any atom is 0.220 e. The Kier molecular flexibility index (Phi) is 45.3. The van der Waals surface area contributed by atoms with E-state index in [1.807, 2.05) is 6.08 Å². The minimum absolute atomic E-state index is 0.183. The summed E-state index contributed by atoms with van der Waals surface area (Å²) >= 11 is 0. The van der Waals surface area contributed by atoms with Crippen molar-refractivity contribution in [2.24, 2.45) is 0 Å². The van der Waals surface area contributed by atoms with E-state index in [1.54, 1.807) is 6.08 Å². The summed E-state index contributed by atoms with van der Waals surface area (Å²) in [5.41, 5.74) is 0. The van der Waals surface area contributed by atoms with Crippen LogP contribution in [0, 0.1) is 0 Å². The molecule has 19 nitrogen and oxygen atoms in total. The average molecular weight is 1260 g/mol. The Labute approximate surface area is 531 Å². The molecule has 17 atom stereocenters. The summed E-state index contributed by atoms with van der Waals surface area (Å²) < 4.78 is 34.3. The summed E-state index contributed by atoms with van der Waals surface area (Å²) in [6.45, 7) is 1.54. The minimum Gasteiger partial charge on any atom is -0.394 e. The SMILES string of the molecule is CC/C=C\C/C=C\C/C=C\C/C=C\C/C=C\C/C=C\C/C=C\CCCCCC(=O)NC(COC1OC(CO)C(OC2OC(CO)C(OC3OC(CO)C(O)C(O)C3O)C(O)C2O)C(O)C1O)C(O)/C=C/CC/C=C/CC/C=C/CCCCCCCCCCC. The molecule has 17 unspecified atom stereocenters. The lowest BCUT2D eigenvalue weighted by molar-refractivity contribution is -0.379. The fraction of sp³-hybridized carbons (Fsp3) is 0.700. The van der Waals surface area contributed by atoms with Crippen LogP contribution in [0.15, 0.2) is 122 Å². The molecule has 19 heteroatoms. The van der Waals surface area contributed by atoms with Gasteiger partial charge in [-0.1, -0.05) is 193 Å². The summed E-state index contributed by atoms with van der Waals surface area (Å²) in [6.07, 6.45) is 41.7. The highest BCUT2D eigenvalue weighted by Crippen LogP contribution is 2.33. The lowest BCUT2D eigenvalue weighted by Crippen LogP contribution is -2.66. The second-order valence-corrected chi connectivity index (χ2v) is 23.2. The molecular formula is C70H115NO18. The number of rotatable bonds is 48. The van der Waals surface area contributed by atoms with Crippen molar-refractivity contribution in [2.45, 2.75) is 285 Å². The van der Waals surface area contributed by atoms with Crippen LogP contribution < -0.4 is 5.32 Å². The number of amides is 1. The fourth-order valence-corrected chi connectivity index (χ4v) is 10.3. The third kappa shape index (κ3) is 33.0. The molecule has 0 aromatic heterocycles. The van der Waals surface area contributed by atoms with E-state index in [1.165, 1.54) is 57.8 Å². The first kappa shape index (κ1) is 79.4. The molecule has 0 spiro atoms. The normalized spacial score (nSPS) is 29.0.